The Balaban J connectivity index is 1.84. The van der Waals surface area contributed by atoms with Gasteiger partial charge in [-0.05, 0) is 67.1 Å². The van der Waals surface area contributed by atoms with Crippen molar-refractivity contribution in [3.05, 3.63) is 63.5 Å². The number of benzene rings is 2. The summed E-state index contributed by atoms with van der Waals surface area (Å²) >= 11 is 7.33. The Morgan fingerprint density at radius 2 is 2.12 bits per heavy atom. The number of nitrogens with one attached hydrogen (secondary N) is 1. The molecule has 0 bridgehead atoms. The van der Waals surface area contributed by atoms with Crippen LogP contribution in [0.2, 0.25) is 5.02 Å². The van der Waals surface area contributed by atoms with Gasteiger partial charge >= 0.3 is 0 Å². The van der Waals surface area contributed by atoms with Gasteiger partial charge in [0.05, 0.1) is 17.2 Å². The monoisotopic (exact) mass is 372 g/mol. The number of aliphatic imine (C=N–C) groups is 1. The van der Waals surface area contributed by atoms with E-state index in [1.807, 2.05) is 56.3 Å². The molecule has 0 radical (unpaired) electrons. The lowest BCUT2D eigenvalue weighted by Gasteiger charge is -2.03. The lowest BCUT2D eigenvalue weighted by Crippen LogP contribution is -2.19. The maximum absolute atomic E-state index is 12.2. The summed E-state index contributed by atoms with van der Waals surface area (Å²) in [6, 6.07) is 13.1. The molecular formula is C19H17ClN2O2S. The predicted molar refractivity (Wildman–Crippen MR) is 105 cm³/mol. The average Bonchev–Trinajstić information content (AvgIpc) is 2.91. The van der Waals surface area contributed by atoms with Crippen molar-refractivity contribution in [2.24, 2.45) is 4.99 Å². The molecule has 1 saturated heterocycles. The maximum atomic E-state index is 12.2. The van der Waals surface area contributed by atoms with Gasteiger partial charge in [-0.1, -0.05) is 29.8 Å². The van der Waals surface area contributed by atoms with Crippen molar-refractivity contribution in [3.63, 3.8) is 0 Å². The van der Waals surface area contributed by atoms with E-state index < -0.39 is 0 Å². The van der Waals surface area contributed by atoms with Crippen molar-refractivity contribution >= 4 is 46.2 Å². The summed E-state index contributed by atoms with van der Waals surface area (Å²) in [6.07, 6.45) is 1.83. The number of nitrogens with zero attached hydrogens (tertiary/aromatic N) is 1. The molecule has 0 spiro atoms. The van der Waals surface area contributed by atoms with E-state index in [0.717, 1.165) is 22.6 Å². The highest BCUT2D eigenvalue weighted by Crippen LogP contribution is 2.30. The molecule has 0 atom stereocenters. The fourth-order valence-electron chi connectivity index (χ4n) is 2.31. The van der Waals surface area contributed by atoms with E-state index in [2.05, 4.69) is 10.3 Å². The Hall–Kier alpha value is -2.24. The van der Waals surface area contributed by atoms with Gasteiger partial charge in [0.2, 0.25) is 0 Å². The maximum Gasteiger partial charge on any atom is 0.264 e. The van der Waals surface area contributed by atoms with Crippen LogP contribution in [0.3, 0.4) is 0 Å². The molecule has 0 aromatic heterocycles. The fourth-order valence-corrected chi connectivity index (χ4v) is 3.31. The molecule has 3 rings (SSSR count). The summed E-state index contributed by atoms with van der Waals surface area (Å²) in [7, 11) is 0. The first kappa shape index (κ1) is 17.6. The molecule has 6 heteroatoms. The molecule has 25 heavy (non-hydrogen) atoms. The van der Waals surface area contributed by atoms with Crippen LogP contribution >= 0.6 is 23.4 Å². The first-order valence-electron chi connectivity index (χ1n) is 7.84. The van der Waals surface area contributed by atoms with E-state index in [-0.39, 0.29) is 5.91 Å². The number of amides is 1. The van der Waals surface area contributed by atoms with Gasteiger partial charge in [-0.15, -0.1) is 0 Å². The number of ether oxygens (including phenoxy) is 1. The van der Waals surface area contributed by atoms with Gasteiger partial charge in [-0.2, -0.15) is 0 Å². The summed E-state index contributed by atoms with van der Waals surface area (Å²) in [6.45, 7) is 4.49. The molecule has 1 aliphatic rings. The molecule has 0 saturated carbocycles. The highest BCUT2D eigenvalue weighted by atomic mass is 35.5. The first-order chi connectivity index (χ1) is 12.0. The Kier molecular flexibility index (Phi) is 5.46. The second-order valence-corrected chi connectivity index (χ2v) is 6.89. The Morgan fingerprint density at radius 1 is 1.28 bits per heavy atom. The van der Waals surface area contributed by atoms with Gasteiger partial charge in [-0.3, -0.25) is 4.79 Å². The van der Waals surface area contributed by atoms with Crippen LogP contribution in [-0.4, -0.2) is 17.7 Å². The summed E-state index contributed by atoms with van der Waals surface area (Å²) in [4.78, 5) is 17.3. The largest absolute Gasteiger partial charge is 0.494 e. The second-order valence-electron chi connectivity index (χ2n) is 5.42. The lowest BCUT2D eigenvalue weighted by atomic mass is 10.2. The number of carbonyl (C=O) groups excluding carboxylic acids is 1. The Labute approximate surface area is 155 Å². The molecule has 4 nitrogen and oxygen atoms in total. The molecule has 128 valence electrons. The summed E-state index contributed by atoms with van der Waals surface area (Å²) < 4.78 is 5.49. The SMILES string of the molecule is CCOc1cccc(/C=C2\SC(=Nc3cc(Cl)ccc3C)NC2=O)c1. The number of halogens is 1. The zero-order chi connectivity index (χ0) is 17.8. The van der Waals surface area contributed by atoms with Gasteiger partial charge in [0.15, 0.2) is 5.17 Å². The highest BCUT2D eigenvalue weighted by Gasteiger charge is 2.24. The van der Waals surface area contributed by atoms with Crippen molar-refractivity contribution in [2.45, 2.75) is 13.8 Å². The van der Waals surface area contributed by atoms with E-state index in [9.17, 15) is 4.79 Å². The van der Waals surface area contributed by atoms with Crippen LogP contribution < -0.4 is 10.1 Å². The normalized spacial score (nSPS) is 17.2. The molecule has 2 aromatic rings. The zero-order valence-electron chi connectivity index (χ0n) is 13.9. The Morgan fingerprint density at radius 3 is 2.92 bits per heavy atom. The highest BCUT2D eigenvalue weighted by molar-refractivity contribution is 8.18. The smallest absolute Gasteiger partial charge is 0.264 e. The topological polar surface area (TPSA) is 50.7 Å². The van der Waals surface area contributed by atoms with Gasteiger partial charge in [0.1, 0.15) is 5.75 Å². The number of aryl methyl sites for hydroxylation is 1. The molecule has 1 N–H and O–H groups in total. The average molecular weight is 373 g/mol. The number of hydrogen-bond donors (Lipinski definition) is 1. The second kappa shape index (κ2) is 7.76. The molecule has 1 heterocycles. The molecule has 1 fully saturated rings. The van der Waals surface area contributed by atoms with Gasteiger partial charge < -0.3 is 10.1 Å². The standard InChI is InChI=1S/C19H17ClN2O2S/c1-3-24-15-6-4-5-13(9-15)10-17-18(23)22-19(25-17)21-16-11-14(20)8-7-12(16)2/h4-11H,3H2,1-2H3,(H,21,22,23)/b17-10-. The van der Waals surface area contributed by atoms with Crippen molar-refractivity contribution < 1.29 is 9.53 Å². The lowest BCUT2D eigenvalue weighted by molar-refractivity contribution is -0.115. The third-order valence-corrected chi connectivity index (χ3v) is 4.66. The summed E-state index contributed by atoms with van der Waals surface area (Å²) in [5.74, 6) is 0.619. The van der Waals surface area contributed by atoms with Gasteiger partial charge in [-0.25, -0.2) is 4.99 Å². The molecule has 1 amide bonds. The van der Waals surface area contributed by atoms with Crippen molar-refractivity contribution in [1.82, 2.24) is 5.32 Å². The van der Waals surface area contributed by atoms with E-state index in [1.165, 1.54) is 11.8 Å². The van der Waals surface area contributed by atoms with E-state index in [0.29, 0.717) is 21.7 Å². The van der Waals surface area contributed by atoms with E-state index in [4.69, 9.17) is 16.3 Å². The summed E-state index contributed by atoms with van der Waals surface area (Å²) in [5, 5.41) is 3.95. The van der Waals surface area contributed by atoms with Gasteiger partial charge in [0, 0.05) is 5.02 Å². The predicted octanol–water partition coefficient (Wildman–Crippen LogP) is 4.94. The fraction of sp³-hybridized carbons (Fsp3) is 0.158. The summed E-state index contributed by atoms with van der Waals surface area (Å²) in [5.41, 5.74) is 2.65. The van der Waals surface area contributed by atoms with Crippen molar-refractivity contribution in [1.29, 1.82) is 0 Å². The molecular weight excluding hydrogens is 356 g/mol. The third-order valence-electron chi connectivity index (χ3n) is 3.51. The Bertz CT molecular complexity index is 877. The van der Waals surface area contributed by atoms with Crippen LogP contribution in [0.1, 0.15) is 18.1 Å². The molecule has 2 aromatic carbocycles. The van der Waals surface area contributed by atoms with Crippen LogP contribution in [0.25, 0.3) is 6.08 Å². The molecule has 0 aliphatic carbocycles. The zero-order valence-corrected chi connectivity index (χ0v) is 15.4. The van der Waals surface area contributed by atoms with Crippen molar-refractivity contribution in [2.75, 3.05) is 6.61 Å². The minimum absolute atomic E-state index is 0.162. The van der Waals surface area contributed by atoms with Crippen LogP contribution in [0.5, 0.6) is 5.75 Å². The van der Waals surface area contributed by atoms with Crippen LogP contribution in [-0.2, 0) is 4.79 Å². The minimum atomic E-state index is -0.162. The van der Waals surface area contributed by atoms with Crippen LogP contribution in [0.15, 0.2) is 52.4 Å². The van der Waals surface area contributed by atoms with E-state index in [1.54, 1.807) is 6.07 Å². The molecule has 1 aliphatic heterocycles. The third kappa shape index (κ3) is 4.44. The quantitative estimate of drug-likeness (QED) is 0.773. The number of rotatable bonds is 4. The number of carbonyl (C=O) groups is 1. The van der Waals surface area contributed by atoms with Gasteiger partial charge in [0.25, 0.3) is 5.91 Å². The number of hydrogen-bond acceptors (Lipinski definition) is 4. The number of thioether (sulfide) groups is 1. The molecule has 0 unspecified atom stereocenters. The van der Waals surface area contributed by atoms with Crippen molar-refractivity contribution in [3.8, 4) is 5.75 Å². The van der Waals surface area contributed by atoms with Crippen LogP contribution in [0, 0.1) is 6.92 Å². The van der Waals surface area contributed by atoms with Crippen LogP contribution in [0.4, 0.5) is 5.69 Å². The number of amidine groups is 1. The first-order valence-corrected chi connectivity index (χ1v) is 9.03. The van der Waals surface area contributed by atoms with E-state index >= 15 is 0 Å². The minimum Gasteiger partial charge on any atom is -0.494 e.